The lowest BCUT2D eigenvalue weighted by Gasteiger charge is -2.31. The van der Waals surface area contributed by atoms with Crippen LogP contribution in [0.25, 0.3) is 0 Å². The molecule has 0 aliphatic carbocycles. The standard InChI is InChI=1S/C13H16F3N3O.2ClH/c1-19(10-4-6-17-7-5-10)12(20)11-3-2-9(8-18-11)13(14,15)16;;/h2-3,8,10,17H,4-7H2,1H3;2*1H. The molecule has 0 atom stereocenters. The lowest BCUT2D eigenvalue weighted by atomic mass is 10.0. The summed E-state index contributed by atoms with van der Waals surface area (Å²) in [6.07, 6.45) is -2.06. The van der Waals surface area contributed by atoms with Crippen molar-refractivity contribution in [3.8, 4) is 0 Å². The van der Waals surface area contributed by atoms with Gasteiger partial charge in [0.15, 0.2) is 0 Å². The van der Waals surface area contributed by atoms with E-state index in [2.05, 4.69) is 10.3 Å². The number of halogens is 5. The Morgan fingerprint density at radius 3 is 2.32 bits per heavy atom. The lowest BCUT2D eigenvalue weighted by molar-refractivity contribution is -0.137. The first-order chi connectivity index (χ1) is 9.39. The third-order valence-electron chi connectivity index (χ3n) is 3.49. The molecule has 1 aromatic rings. The van der Waals surface area contributed by atoms with Crippen LogP contribution in [0.3, 0.4) is 0 Å². The lowest BCUT2D eigenvalue weighted by Crippen LogP contribution is -2.44. The topological polar surface area (TPSA) is 45.2 Å². The summed E-state index contributed by atoms with van der Waals surface area (Å²) in [5.74, 6) is -0.342. The van der Waals surface area contributed by atoms with Gasteiger partial charge in [-0.2, -0.15) is 13.2 Å². The molecule has 4 nitrogen and oxygen atoms in total. The zero-order chi connectivity index (χ0) is 14.8. The monoisotopic (exact) mass is 359 g/mol. The second-order valence-electron chi connectivity index (χ2n) is 4.83. The number of carbonyl (C=O) groups excluding carboxylic acids is 1. The Bertz CT molecular complexity index is 476. The highest BCUT2D eigenvalue weighted by molar-refractivity contribution is 5.92. The summed E-state index contributed by atoms with van der Waals surface area (Å²) in [5.41, 5.74) is -0.808. The summed E-state index contributed by atoms with van der Waals surface area (Å²) < 4.78 is 37.3. The molecular formula is C13H18Cl2F3N3O. The third kappa shape index (κ3) is 5.00. The number of alkyl halides is 3. The normalized spacial score (nSPS) is 15.5. The summed E-state index contributed by atoms with van der Waals surface area (Å²) in [4.78, 5) is 17.4. The largest absolute Gasteiger partial charge is 0.417 e. The minimum atomic E-state index is -4.44. The number of nitrogens with zero attached hydrogens (tertiary/aromatic N) is 2. The summed E-state index contributed by atoms with van der Waals surface area (Å²) in [7, 11) is 1.66. The van der Waals surface area contributed by atoms with Crippen LogP contribution in [-0.2, 0) is 6.18 Å². The van der Waals surface area contributed by atoms with Gasteiger partial charge < -0.3 is 10.2 Å². The van der Waals surface area contributed by atoms with Gasteiger partial charge >= 0.3 is 6.18 Å². The molecule has 2 rings (SSSR count). The van der Waals surface area contributed by atoms with E-state index < -0.39 is 11.7 Å². The van der Waals surface area contributed by atoms with Crippen LogP contribution in [0.4, 0.5) is 13.2 Å². The SMILES string of the molecule is CN(C(=O)c1ccc(C(F)(F)F)cn1)C1CCNCC1.Cl.Cl. The Kier molecular flexibility index (Phi) is 8.14. The molecule has 0 aromatic carbocycles. The van der Waals surface area contributed by atoms with E-state index in [1.807, 2.05) is 0 Å². The van der Waals surface area contributed by atoms with Crippen LogP contribution in [0.15, 0.2) is 18.3 Å². The van der Waals surface area contributed by atoms with Crippen molar-refractivity contribution in [2.45, 2.75) is 25.1 Å². The van der Waals surface area contributed by atoms with Crippen LogP contribution in [0.2, 0.25) is 0 Å². The molecular weight excluding hydrogens is 342 g/mol. The second-order valence-corrected chi connectivity index (χ2v) is 4.83. The van der Waals surface area contributed by atoms with Gasteiger partial charge in [-0.1, -0.05) is 0 Å². The Hall–Kier alpha value is -1.05. The van der Waals surface area contributed by atoms with Crippen LogP contribution < -0.4 is 5.32 Å². The fourth-order valence-corrected chi connectivity index (χ4v) is 2.23. The van der Waals surface area contributed by atoms with Crippen molar-refractivity contribution in [1.29, 1.82) is 0 Å². The molecule has 9 heteroatoms. The molecule has 0 bridgehead atoms. The first kappa shape index (κ1) is 20.9. The predicted octanol–water partition coefficient (Wildman–Crippen LogP) is 2.77. The molecule has 1 amide bonds. The van der Waals surface area contributed by atoms with Gasteiger partial charge in [0.05, 0.1) is 5.56 Å². The van der Waals surface area contributed by atoms with Gasteiger partial charge in [0.1, 0.15) is 5.69 Å². The molecule has 2 heterocycles. The average Bonchev–Trinajstić information content (AvgIpc) is 2.46. The van der Waals surface area contributed by atoms with Crippen molar-refractivity contribution < 1.29 is 18.0 Å². The molecule has 0 spiro atoms. The molecule has 0 saturated carbocycles. The molecule has 1 aliphatic rings. The van der Waals surface area contributed by atoms with Gasteiger partial charge in [0, 0.05) is 19.3 Å². The second kappa shape index (κ2) is 8.55. The van der Waals surface area contributed by atoms with E-state index in [-0.39, 0.29) is 42.5 Å². The van der Waals surface area contributed by atoms with Crippen molar-refractivity contribution >= 4 is 30.7 Å². The molecule has 126 valence electrons. The van der Waals surface area contributed by atoms with Gasteiger partial charge in [-0.25, -0.2) is 0 Å². The summed E-state index contributed by atoms with van der Waals surface area (Å²) >= 11 is 0. The highest BCUT2D eigenvalue weighted by Crippen LogP contribution is 2.28. The van der Waals surface area contributed by atoms with Crippen LogP contribution >= 0.6 is 24.8 Å². The van der Waals surface area contributed by atoms with Crippen molar-refractivity contribution in [1.82, 2.24) is 15.2 Å². The highest BCUT2D eigenvalue weighted by Gasteiger charge is 2.31. The van der Waals surface area contributed by atoms with Crippen molar-refractivity contribution in [3.63, 3.8) is 0 Å². The maximum atomic E-state index is 12.4. The van der Waals surface area contributed by atoms with Crippen molar-refractivity contribution in [2.75, 3.05) is 20.1 Å². The molecule has 0 radical (unpaired) electrons. The van der Waals surface area contributed by atoms with Gasteiger partial charge in [0.25, 0.3) is 5.91 Å². The van der Waals surface area contributed by atoms with Gasteiger partial charge in [-0.05, 0) is 38.1 Å². The van der Waals surface area contributed by atoms with E-state index in [0.29, 0.717) is 6.20 Å². The van der Waals surface area contributed by atoms with Crippen LogP contribution in [0.1, 0.15) is 28.9 Å². The number of aromatic nitrogens is 1. The maximum absolute atomic E-state index is 12.4. The number of hydrogen-bond donors (Lipinski definition) is 1. The van der Waals surface area contributed by atoms with Gasteiger partial charge in [-0.3, -0.25) is 9.78 Å². The average molecular weight is 360 g/mol. The molecule has 1 aromatic heterocycles. The minimum absolute atomic E-state index is 0. The van der Waals surface area contributed by atoms with Gasteiger partial charge in [0.2, 0.25) is 0 Å². The first-order valence-electron chi connectivity index (χ1n) is 6.40. The summed E-state index contributed by atoms with van der Waals surface area (Å²) in [6.45, 7) is 1.67. The van der Waals surface area contributed by atoms with E-state index in [1.54, 1.807) is 11.9 Å². The predicted molar refractivity (Wildman–Crippen MR) is 81.7 cm³/mol. The first-order valence-corrected chi connectivity index (χ1v) is 6.40. The Labute approximate surface area is 139 Å². The Morgan fingerprint density at radius 1 is 1.27 bits per heavy atom. The number of rotatable bonds is 2. The third-order valence-corrected chi connectivity index (χ3v) is 3.49. The molecule has 22 heavy (non-hydrogen) atoms. The van der Waals surface area contributed by atoms with E-state index in [4.69, 9.17) is 0 Å². The highest BCUT2D eigenvalue weighted by atomic mass is 35.5. The van der Waals surface area contributed by atoms with E-state index in [0.717, 1.165) is 38.1 Å². The molecule has 0 unspecified atom stereocenters. The smallest absolute Gasteiger partial charge is 0.337 e. The number of piperidine rings is 1. The van der Waals surface area contributed by atoms with E-state index in [1.165, 1.54) is 0 Å². The van der Waals surface area contributed by atoms with Crippen LogP contribution in [-0.4, -0.2) is 42.0 Å². The molecule has 1 aliphatic heterocycles. The summed E-state index contributed by atoms with van der Waals surface area (Å²) in [5, 5.41) is 3.19. The number of pyridine rings is 1. The zero-order valence-corrected chi connectivity index (χ0v) is 13.5. The number of amides is 1. The zero-order valence-electron chi connectivity index (χ0n) is 11.9. The number of nitrogens with one attached hydrogen (secondary N) is 1. The minimum Gasteiger partial charge on any atom is -0.337 e. The van der Waals surface area contributed by atoms with Gasteiger partial charge in [-0.15, -0.1) is 24.8 Å². The Morgan fingerprint density at radius 2 is 1.86 bits per heavy atom. The van der Waals surface area contributed by atoms with E-state index >= 15 is 0 Å². The van der Waals surface area contributed by atoms with Crippen LogP contribution in [0.5, 0.6) is 0 Å². The number of hydrogen-bond acceptors (Lipinski definition) is 3. The maximum Gasteiger partial charge on any atom is 0.417 e. The quantitative estimate of drug-likeness (QED) is 0.882. The summed E-state index contributed by atoms with van der Waals surface area (Å²) in [6, 6.07) is 2.12. The molecule has 1 N–H and O–H groups in total. The molecule has 1 saturated heterocycles. The fraction of sp³-hybridized carbons (Fsp3) is 0.538. The van der Waals surface area contributed by atoms with Crippen molar-refractivity contribution in [2.24, 2.45) is 0 Å². The Balaban J connectivity index is 0.00000220. The fourth-order valence-electron chi connectivity index (χ4n) is 2.23. The van der Waals surface area contributed by atoms with Crippen molar-refractivity contribution in [3.05, 3.63) is 29.6 Å². The van der Waals surface area contributed by atoms with Crippen LogP contribution in [0, 0.1) is 0 Å². The molecule has 1 fully saturated rings. The number of carbonyl (C=O) groups is 1. The van der Waals surface area contributed by atoms with E-state index in [9.17, 15) is 18.0 Å².